The van der Waals surface area contributed by atoms with Gasteiger partial charge >= 0.3 is 6.03 Å². The van der Waals surface area contributed by atoms with E-state index in [2.05, 4.69) is 39.6 Å². The molecule has 0 saturated heterocycles. The first-order valence-corrected chi connectivity index (χ1v) is 8.60. The summed E-state index contributed by atoms with van der Waals surface area (Å²) < 4.78 is 6.72. The van der Waals surface area contributed by atoms with Gasteiger partial charge in [-0.2, -0.15) is 0 Å². The van der Waals surface area contributed by atoms with E-state index in [0.717, 1.165) is 27.0 Å². The summed E-state index contributed by atoms with van der Waals surface area (Å²) in [6.45, 7) is 4.60. The topological polar surface area (TPSA) is 50.4 Å². The van der Waals surface area contributed by atoms with Crippen molar-refractivity contribution in [2.75, 3.05) is 17.2 Å². The number of aryl methyl sites for hydroxylation is 1. The number of nitrogens with one attached hydrogen (secondary N) is 2. The van der Waals surface area contributed by atoms with Crippen LogP contribution in [0.2, 0.25) is 0 Å². The van der Waals surface area contributed by atoms with E-state index in [-0.39, 0.29) is 11.9 Å². The first-order chi connectivity index (χ1) is 11.5. The van der Waals surface area contributed by atoms with Crippen LogP contribution in [-0.4, -0.2) is 12.6 Å². The summed E-state index contributed by atoms with van der Waals surface area (Å²) in [5.41, 5.74) is 3.59. The van der Waals surface area contributed by atoms with Gasteiger partial charge < -0.3 is 15.4 Å². The molecule has 2 N–H and O–H groups in total. The molecule has 5 heteroatoms. The standard InChI is InChI=1S/C19H19BrN2O2/c1-12-5-7-15(8-6-12)21-19(23)22-17-11-14(20)10-16-13(2)4-3-9-24-18(16)17/h3-8,10-11,13H,9H2,1-2H3,(H2,21,22,23). The van der Waals surface area contributed by atoms with Crippen LogP contribution in [0, 0.1) is 6.92 Å². The molecular formula is C19H19BrN2O2. The van der Waals surface area contributed by atoms with Crippen LogP contribution in [0.5, 0.6) is 5.75 Å². The van der Waals surface area contributed by atoms with Crippen molar-refractivity contribution in [2.24, 2.45) is 0 Å². The van der Waals surface area contributed by atoms with Gasteiger partial charge in [-0.25, -0.2) is 4.79 Å². The van der Waals surface area contributed by atoms with Gasteiger partial charge in [0.2, 0.25) is 0 Å². The Kier molecular flexibility index (Phi) is 4.90. The number of amides is 2. The molecule has 0 fully saturated rings. The fourth-order valence-corrected chi connectivity index (χ4v) is 3.10. The second kappa shape index (κ2) is 7.09. The molecule has 0 aromatic heterocycles. The molecule has 1 unspecified atom stereocenters. The number of hydrogen-bond acceptors (Lipinski definition) is 2. The van der Waals surface area contributed by atoms with Gasteiger partial charge in [0.05, 0.1) is 5.69 Å². The minimum absolute atomic E-state index is 0.223. The fourth-order valence-electron chi connectivity index (χ4n) is 2.62. The van der Waals surface area contributed by atoms with Crippen LogP contribution in [0.1, 0.15) is 24.0 Å². The van der Waals surface area contributed by atoms with Crippen LogP contribution in [-0.2, 0) is 0 Å². The van der Waals surface area contributed by atoms with E-state index in [9.17, 15) is 4.79 Å². The van der Waals surface area contributed by atoms with Crippen molar-refractivity contribution in [3.63, 3.8) is 0 Å². The predicted molar refractivity (Wildman–Crippen MR) is 101 cm³/mol. The van der Waals surface area contributed by atoms with E-state index >= 15 is 0 Å². The predicted octanol–water partition coefficient (Wildman–Crippen LogP) is 5.45. The number of fused-ring (bicyclic) bond motifs is 1. The van der Waals surface area contributed by atoms with Gasteiger partial charge in [-0.05, 0) is 31.2 Å². The lowest BCUT2D eigenvalue weighted by Crippen LogP contribution is -2.20. The van der Waals surface area contributed by atoms with Crippen molar-refractivity contribution in [1.29, 1.82) is 0 Å². The van der Waals surface area contributed by atoms with Gasteiger partial charge in [0.1, 0.15) is 12.4 Å². The molecule has 0 saturated carbocycles. The normalized spacial score (nSPS) is 15.9. The van der Waals surface area contributed by atoms with E-state index in [1.54, 1.807) is 0 Å². The van der Waals surface area contributed by atoms with Crippen LogP contribution in [0.15, 0.2) is 53.0 Å². The Morgan fingerprint density at radius 3 is 2.71 bits per heavy atom. The smallest absolute Gasteiger partial charge is 0.323 e. The van der Waals surface area contributed by atoms with Gasteiger partial charge in [0.25, 0.3) is 0 Å². The summed E-state index contributed by atoms with van der Waals surface area (Å²) in [7, 11) is 0. The number of anilines is 2. The number of halogens is 1. The zero-order valence-electron chi connectivity index (χ0n) is 13.6. The number of rotatable bonds is 2. The molecule has 3 rings (SSSR count). The number of urea groups is 1. The van der Waals surface area contributed by atoms with Gasteiger partial charge in [0.15, 0.2) is 0 Å². The van der Waals surface area contributed by atoms with E-state index in [0.29, 0.717) is 12.3 Å². The van der Waals surface area contributed by atoms with Crippen molar-refractivity contribution in [3.8, 4) is 5.75 Å². The molecule has 24 heavy (non-hydrogen) atoms. The third-order valence-electron chi connectivity index (χ3n) is 3.88. The number of allylic oxidation sites excluding steroid dienone is 1. The maximum absolute atomic E-state index is 12.3. The Hall–Kier alpha value is -2.27. The largest absolute Gasteiger partial charge is 0.487 e. The zero-order chi connectivity index (χ0) is 17.1. The molecule has 4 nitrogen and oxygen atoms in total. The Balaban J connectivity index is 1.82. The molecule has 1 aliphatic rings. The molecule has 124 valence electrons. The van der Waals surface area contributed by atoms with Gasteiger partial charge in [-0.3, -0.25) is 0 Å². The molecule has 1 heterocycles. The highest BCUT2D eigenvalue weighted by Gasteiger charge is 2.19. The third kappa shape index (κ3) is 3.79. The molecule has 0 bridgehead atoms. The first-order valence-electron chi connectivity index (χ1n) is 7.80. The maximum Gasteiger partial charge on any atom is 0.323 e. The lowest BCUT2D eigenvalue weighted by molar-refractivity contribution is 0.262. The van der Waals surface area contributed by atoms with Crippen molar-refractivity contribution in [2.45, 2.75) is 19.8 Å². The highest BCUT2D eigenvalue weighted by atomic mass is 79.9. The summed E-state index contributed by atoms with van der Waals surface area (Å²) in [4.78, 5) is 12.3. The van der Waals surface area contributed by atoms with E-state index in [4.69, 9.17) is 4.74 Å². The fraction of sp³-hybridized carbons (Fsp3) is 0.211. The first kappa shape index (κ1) is 16.6. The lowest BCUT2D eigenvalue weighted by Gasteiger charge is -2.17. The number of ether oxygens (including phenoxy) is 1. The lowest BCUT2D eigenvalue weighted by atomic mass is 9.99. The quantitative estimate of drug-likeness (QED) is 0.673. The average molecular weight is 387 g/mol. The maximum atomic E-state index is 12.3. The summed E-state index contributed by atoms with van der Waals surface area (Å²) in [6, 6.07) is 11.2. The molecule has 2 amide bonds. The molecule has 0 radical (unpaired) electrons. The number of benzene rings is 2. The summed E-state index contributed by atoms with van der Waals surface area (Å²) in [6.07, 6.45) is 4.10. The van der Waals surface area contributed by atoms with E-state index in [1.807, 2.05) is 49.4 Å². The number of carbonyl (C=O) groups is 1. The van der Waals surface area contributed by atoms with Gasteiger partial charge in [-0.15, -0.1) is 0 Å². The van der Waals surface area contributed by atoms with Crippen LogP contribution in [0.25, 0.3) is 0 Å². The molecule has 0 spiro atoms. The second-order valence-electron chi connectivity index (χ2n) is 5.84. The van der Waals surface area contributed by atoms with Crippen LogP contribution < -0.4 is 15.4 Å². The minimum Gasteiger partial charge on any atom is -0.487 e. The minimum atomic E-state index is -0.299. The molecule has 1 atom stereocenters. The Morgan fingerprint density at radius 1 is 1.21 bits per heavy atom. The van der Waals surface area contributed by atoms with Crippen LogP contribution in [0.4, 0.5) is 16.2 Å². The Bertz CT molecular complexity index is 785. The molecular weight excluding hydrogens is 368 g/mol. The van der Waals surface area contributed by atoms with Gasteiger partial charge in [-0.1, -0.05) is 52.7 Å². The van der Waals surface area contributed by atoms with Crippen LogP contribution >= 0.6 is 15.9 Å². The third-order valence-corrected chi connectivity index (χ3v) is 4.34. The summed E-state index contributed by atoms with van der Waals surface area (Å²) >= 11 is 3.51. The van der Waals surface area contributed by atoms with Crippen molar-refractivity contribution in [3.05, 3.63) is 64.1 Å². The monoisotopic (exact) mass is 386 g/mol. The zero-order valence-corrected chi connectivity index (χ0v) is 15.2. The second-order valence-corrected chi connectivity index (χ2v) is 6.76. The van der Waals surface area contributed by atoms with E-state index in [1.165, 1.54) is 0 Å². The average Bonchev–Trinajstić information content (AvgIpc) is 2.72. The van der Waals surface area contributed by atoms with Crippen molar-refractivity contribution in [1.82, 2.24) is 0 Å². The highest BCUT2D eigenvalue weighted by molar-refractivity contribution is 9.10. The molecule has 2 aromatic carbocycles. The highest BCUT2D eigenvalue weighted by Crippen LogP contribution is 2.39. The summed E-state index contributed by atoms with van der Waals surface area (Å²) in [5.74, 6) is 0.940. The number of hydrogen-bond donors (Lipinski definition) is 2. The van der Waals surface area contributed by atoms with Crippen LogP contribution in [0.3, 0.4) is 0 Å². The SMILES string of the molecule is Cc1ccc(NC(=O)Nc2cc(Br)cc3c2OCC=CC3C)cc1. The van der Waals surface area contributed by atoms with Crippen molar-refractivity contribution < 1.29 is 9.53 Å². The van der Waals surface area contributed by atoms with E-state index < -0.39 is 0 Å². The van der Waals surface area contributed by atoms with Gasteiger partial charge in [0, 0.05) is 21.6 Å². The Labute approximate surface area is 150 Å². The summed E-state index contributed by atoms with van der Waals surface area (Å²) in [5, 5.41) is 5.72. The van der Waals surface area contributed by atoms with Crippen molar-refractivity contribution >= 4 is 33.3 Å². The molecule has 1 aliphatic heterocycles. The number of carbonyl (C=O) groups excluding carboxylic acids is 1. The molecule has 0 aliphatic carbocycles. The molecule has 2 aromatic rings. The Morgan fingerprint density at radius 2 is 1.96 bits per heavy atom.